The number of aldehydes is 1. The number of piperazine rings is 1. The highest BCUT2D eigenvalue weighted by molar-refractivity contribution is 5.78. The fourth-order valence-corrected chi connectivity index (χ4v) is 4.86. The molecule has 1 atom stereocenters. The van der Waals surface area contributed by atoms with E-state index >= 15 is 0 Å². The molecule has 5 rings (SSSR count). The second-order valence-corrected chi connectivity index (χ2v) is 9.42. The monoisotopic (exact) mass is 473 g/mol. The van der Waals surface area contributed by atoms with Crippen molar-refractivity contribution in [1.82, 2.24) is 24.8 Å². The number of aromatic nitrogens is 3. The van der Waals surface area contributed by atoms with Gasteiger partial charge in [0.1, 0.15) is 18.1 Å². The van der Waals surface area contributed by atoms with E-state index < -0.39 is 6.04 Å². The molecule has 0 aliphatic carbocycles. The van der Waals surface area contributed by atoms with E-state index in [1.807, 2.05) is 29.2 Å². The second kappa shape index (κ2) is 9.58. The van der Waals surface area contributed by atoms with Gasteiger partial charge in [0.05, 0.1) is 23.4 Å². The maximum Gasteiger partial charge on any atom is 0.227 e. The van der Waals surface area contributed by atoms with Crippen LogP contribution in [0.15, 0.2) is 36.4 Å². The van der Waals surface area contributed by atoms with Crippen LogP contribution < -0.4 is 10.2 Å². The van der Waals surface area contributed by atoms with Crippen LogP contribution in [0.2, 0.25) is 0 Å². The van der Waals surface area contributed by atoms with Crippen LogP contribution in [-0.4, -0.2) is 69.2 Å². The fourth-order valence-electron chi connectivity index (χ4n) is 4.86. The van der Waals surface area contributed by atoms with Crippen LogP contribution in [0, 0.1) is 0 Å². The van der Waals surface area contributed by atoms with Gasteiger partial charge < -0.3 is 19.9 Å². The first kappa shape index (κ1) is 23.2. The number of carbonyl (C=O) groups is 2. The zero-order valence-electron chi connectivity index (χ0n) is 20.4. The van der Waals surface area contributed by atoms with Crippen molar-refractivity contribution in [3.63, 3.8) is 0 Å². The molecule has 1 saturated heterocycles. The molecule has 35 heavy (non-hydrogen) atoms. The van der Waals surface area contributed by atoms with Crippen molar-refractivity contribution in [3.8, 4) is 0 Å². The minimum absolute atomic E-state index is 0.0818. The molecule has 3 aromatic rings. The molecule has 1 aromatic carbocycles. The largest absolute Gasteiger partial charge is 0.364 e. The Balaban J connectivity index is 1.45. The molecule has 1 amide bonds. The Hall–Kier alpha value is -3.59. The average Bonchev–Trinajstić information content (AvgIpc) is 3.26. The van der Waals surface area contributed by atoms with E-state index in [-0.39, 0.29) is 11.9 Å². The number of hydrogen-bond donors (Lipinski definition) is 1. The van der Waals surface area contributed by atoms with Crippen LogP contribution in [0.4, 0.5) is 11.8 Å². The number of anilines is 2. The van der Waals surface area contributed by atoms with Crippen LogP contribution in [0.3, 0.4) is 0 Å². The van der Waals surface area contributed by atoms with Crippen molar-refractivity contribution >= 4 is 34.9 Å². The zero-order valence-corrected chi connectivity index (χ0v) is 20.4. The van der Waals surface area contributed by atoms with Crippen molar-refractivity contribution in [2.75, 3.05) is 36.4 Å². The molecular formula is C26H31N7O2. The standard InChI is InChI=1S/C26H31N7O2/c1-17(2)33-15-21-24(23(33)16-34)29-26(32-12-10-31(11-13-32)18(3)35)30-25(21)27-14-20-9-8-19-6-4-5-7-22(19)28-20/h4-9,16-17,23H,10-15H2,1-3H3,(H,27,29,30). The van der Waals surface area contributed by atoms with Gasteiger partial charge >= 0.3 is 0 Å². The molecule has 9 nitrogen and oxygen atoms in total. The van der Waals surface area contributed by atoms with Crippen molar-refractivity contribution in [2.45, 2.75) is 45.9 Å². The van der Waals surface area contributed by atoms with Gasteiger partial charge in [0.15, 0.2) is 0 Å². The van der Waals surface area contributed by atoms with E-state index in [9.17, 15) is 9.59 Å². The average molecular weight is 474 g/mol. The number of pyridine rings is 1. The molecule has 0 spiro atoms. The SMILES string of the molecule is CC(=O)N1CCN(c2nc(NCc3ccc4ccccc4n3)c3c(n2)C(C=O)N(C(C)C)C3)CC1. The fraction of sp³-hybridized carbons (Fsp3) is 0.423. The van der Waals surface area contributed by atoms with Crippen molar-refractivity contribution in [1.29, 1.82) is 0 Å². The van der Waals surface area contributed by atoms with Crippen molar-refractivity contribution < 1.29 is 9.59 Å². The summed E-state index contributed by atoms with van der Waals surface area (Å²) in [6.07, 6.45) is 0.977. The minimum Gasteiger partial charge on any atom is -0.364 e. The smallest absolute Gasteiger partial charge is 0.227 e. The summed E-state index contributed by atoms with van der Waals surface area (Å²) in [4.78, 5) is 44.5. The molecule has 4 heterocycles. The van der Waals surface area contributed by atoms with Crippen LogP contribution in [0.5, 0.6) is 0 Å². The molecule has 2 aliphatic heterocycles. The third-order valence-electron chi connectivity index (χ3n) is 6.90. The summed E-state index contributed by atoms with van der Waals surface area (Å²) in [6.45, 7) is 9.48. The number of carbonyl (C=O) groups excluding carboxylic acids is 2. The van der Waals surface area contributed by atoms with Gasteiger partial charge in [-0.1, -0.05) is 24.3 Å². The second-order valence-electron chi connectivity index (χ2n) is 9.42. The molecule has 1 fully saturated rings. The number of para-hydroxylation sites is 1. The molecule has 0 saturated carbocycles. The highest BCUT2D eigenvalue weighted by atomic mass is 16.2. The Morgan fingerprint density at radius 3 is 2.57 bits per heavy atom. The number of amides is 1. The van der Waals surface area contributed by atoms with Gasteiger partial charge in [-0.15, -0.1) is 0 Å². The number of nitrogens with zero attached hydrogens (tertiary/aromatic N) is 6. The quantitative estimate of drug-likeness (QED) is 0.546. The summed E-state index contributed by atoms with van der Waals surface area (Å²) in [5.74, 6) is 1.42. The third-order valence-corrected chi connectivity index (χ3v) is 6.90. The summed E-state index contributed by atoms with van der Waals surface area (Å²) in [6, 6.07) is 11.9. The first-order chi connectivity index (χ1) is 16.9. The first-order valence-corrected chi connectivity index (χ1v) is 12.2. The molecule has 0 radical (unpaired) electrons. The number of fused-ring (bicyclic) bond motifs is 2. The normalized spacial score (nSPS) is 18.2. The highest BCUT2D eigenvalue weighted by Crippen LogP contribution is 2.37. The van der Waals surface area contributed by atoms with Gasteiger partial charge in [-0.25, -0.2) is 4.98 Å². The number of nitrogens with one attached hydrogen (secondary N) is 1. The van der Waals surface area contributed by atoms with Crippen LogP contribution in [0.25, 0.3) is 10.9 Å². The van der Waals surface area contributed by atoms with Gasteiger partial charge in [0.25, 0.3) is 0 Å². The molecule has 1 N–H and O–H groups in total. The predicted molar refractivity (Wildman–Crippen MR) is 135 cm³/mol. The van der Waals surface area contributed by atoms with E-state index in [0.717, 1.165) is 40.0 Å². The minimum atomic E-state index is -0.399. The Bertz CT molecular complexity index is 1250. The molecule has 2 aromatic heterocycles. The summed E-state index contributed by atoms with van der Waals surface area (Å²) in [5, 5.41) is 4.59. The van der Waals surface area contributed by atoms with Crippen molar-refractivity contribution in [2.24, 2.45) is 0 Å². The third kappa shape index (κ3) is 4.55. The van der Waals surface area contributed by atoms with Crippen molar-refractivity contribution in [3.05, 3.63) is 53.3 Å². The van der Waals surface area contributed by atoms with Crippen LogP contribution in [0.1, 0.15) is 43.8 Å². The Kier molecular flexibility index (Phi) is 6.34. The lowest BCUT2D eigenvalue weighted by Crippen LogP contribution is -2.48. The Morgan fingerprint density at radius 2 is 1.86 bits per heavy atom. The van der Waals surface area contributed by atoms with Gasteiger partial charge in [0.2, 0.25) is 11.9 Å². The number of benzene rings is 1. The Morgan fingerprint density at radius 1 is 1.09 bits per heavy atom. The van der Waals surface area contributed by atoms with E-state index in [2.05, 4.69) is 41.1 Å². The van der Waals surface area contributed by atoms with E-state index in [4.69, 9.17) is 15.0 Å². The zero-order chi connectivity index (χ0) is 24.5. The summed E-state index contributed by atoms with van der Waals surface area (Å²) in [5.41, 5.74) is 3.60. The lowest BCUT2D eigenvalue weighted by atomic mass is 10.1. The van der Waals surface area contributed by atoms with E-state index in [1.165, 1.54) is 0 Å². The van der Waals surface area contributed by atoms with Crippen LogP contribution in [-0.2, 0) is 22.7 Å². The molecule has 0 bridgehead atoms. The van der Waals surface area contributed by atoms with Gasteiger partial charge in [-0.2, -0.15) is 4.98 Å². The molecular weight excluding hydrogens is 442 g/mol. The van der Waals surface area contributed by atoms with E-state index in [1.54, 1.807) is 6.92 Å². The van der Waals surface area contributed by atoms with Gasteiger partial charge in [-0.3, -0.25) is 14.7 Å². The topological polar surface area (TPSA) is 94.6 Å². The maximum absolute atomic E-state index is 12.1. The first-order valence-electron chi connectivity index (χ1n) is 12.2. The summed E-state index contributed by atoms with van der Waals surface area (Å²) < 4.78 is 0. The van der Waals surface area contributed by atoms with E-state index in [0.29, 0.717) is 45.2 Å². The number of hydrogen-bond acceptors (Lipinski definition) is 8. The highest BCUT2D eigenvalue weighted by Gasteiger charge is 2.36. The predicted octanol–water partition coefficient (Wildman–Crippen LogP) is 2.77. The summed E-state index contributed by atoms with van der Waals surface area (Å²) >= 11 is 0. The Labute approximate surface area is 205 Å². The molecule has 2 aliphatic rings. The van der Waals surface area contributed by atoms with Gasteiger partial charge in [-0.05, 0) is 26.0 Å². The lowest BCUT2D eigenvalue weighted by molar-refractivity contribution is -0.129. The molecule has 1 unspecified atom stereocenters. The number of rotatable bonds is 6. The van der Waals surface area contributed by atoms with Gasteiger partial charge in [0, 0.05) is 56.6 Å². The molecule has 182 valence electrons. The maximum atomic E-state index is 12.1. The molecule has 9 heteroatoms. The summed E-state index contributed by atoms with van der Waals surface area (Å²) in [7, 11) is 0. The lowest BCUT2D eigenvalue weighted by Gasteiger charge is -2.34. The van der Waals surface area contributed by atoms with Crippen LogP contribution >= 0.6 is 0 Å².